The van der Waals surface area contributed by atoms with E-state index < -0.39 is 0 Å². The summed E-state index contributed by atoms with van der Waals surface area (Å²) >= 11 is 0. The molecule has 2 amide bonds. The van der Waals surface area contributed by atoms with E-state index in [1.165, 1.54) is 5.56 Å². The molecule has 2 N–H and O–H groups in total. The summed E-state index contributed by atoms with van der Waals surface area (Å²) < 4.78 is 0. The summed E-state index contributed by atoms with van der Waals surface area (Å²) in [4.78, 5) is 31.5. The third-order valence-corrected chi connectivity index (χ3v) is 5.19. The number of nitrogens with one attached hydrogen (secondary N) is 2. The van der Waals surface area contributed by atoms with Crippen molar-refractivity contribution in [2.45, 2.75) is 65.0 Å². The molecule has 1 aliphatic rings. The van der Waals surface area contributed by atoms with Crippen molar-refractivity contribution in [3.63, 3.8) is 0 Å². The van der Waals surface area contributed by atoms with Crippen LogP contribution in [0.5, 0.6) is 0 Å². The van der Waals surface area contributed by atoms with E-state index in [0.29, 0.717) is 37.5 Å². The summed E-state index contributed by atoms with van der Waals surface area (Å²) in [6, 6.07) is 9.93. The molecular weight excluding hydrogens is 366 g/mol. The minimum Gasteiger partial charge on any atom is -0.351 e. The van der Waals surface area contributed by atoms with Crippen molar-refractivity contribution >= 4 is 11.8 Å². The first kappa shape index (κ1) is 21.0. The zero-order chi connectivity index (χ0) is 20.8. The van der Waals surface area contributed by atoms with Crippen LogP contribution in [0.25, 0.3) is 0 Å². The summed E-state index contributed by atoms with van der Waals surface area (Å²) in [6.07, 6.45) is 3.28. The van der Waals surface area contributed by atoms with Gasteiger partial charge in [-0.15, -0.1) is 0 Å². The van der Waals surface area contributed by atoms with E-state index in [9.17, 15) is 9.59 Å². The number of H-pyrrole nitrogens is 1. The van der Waals surface area contributed by atoms with Crippen LogP contribution < -0.4 is 5.32 Å². The molecule has 0 unspecified atom stereocenters. The van der Waals surface area contributed by atoms with Crippen molar-refractivity contribution in [2.24, 2.45) is 5.92 Å². The molecule has 7 heteroatoms. The third kappa shape index (κ3) is 5.89. The number of carbonyl (C=O) groups is 2. The zero-order valence-electron chi connectivity index (χ0n) is 17.5. The maximum Gasteiger partial charge on any atom is 0.223 e. The van der Waals surface area contributed by atoms with Crippen LogP contribution in [0, 0.1) is 12.8 Å². The summed E-state index contributed by atoms with van der Waals surface area (Å²) in [7, 11) is 0. The van der Waals surface area contributed by atoms with Crippen molar-refractivity contribution in [3.05, 3.63) is 47.5 Å². The van der Waals surface area contributed by atoms with Crippen LogP contribution in [0.15, 0.2) is 30.3 Å². The Balaban J connectivity index is 1.62. The standard InChI is InChI=1S/C22H31N5O2/c1-15(2)12-20(28)24-18-13-19(22-23-16(3)25-26-22)27(14-18)21(29)11-7-10-17-8-5-4-6-9-17/h4-6,8-9,15,18-19H,7,10-14H2,1-3H3,(H,24,28)(H,23,25,26)/t18-,19-/m0/s1. The third-order valence-electron chi connectivity index (χ3n) is 5.19. The van der Waals surface area contributed by atoms with Gasteiger partial charge in [0, 0.05) is 25.4 Å². The lowest BCUT2D eigenvalue weighted by molar-refractivity contribution is -0.132. The highest BCUT2D eigenvalue weighted by molar-refractivity contribution is 5.78. The fourth-order valence-electron chi connectivity index (χ4n) is 3.86. The number of benzene rings is 1. The number of aromatic nitrogens is 3. The van der Waals surface area contributed by atoms with Gasteiger partial charge in [-0.25, -0.2) is 4.98 Å². The number of hydrogen-bond acceptors (Lipinski definition) is 4. The molecule has 1 aliphatic heterocycles. The lowest BCUT2D eigenvalue weighted by Gasteiger charge is -2.22. The van der Waals surface area contributed by atoms with E-state index >= 15 is 0 Å². The lowest BCUT2D eigenvalue weighted by Crippen LogP contribution is -2.39. The summed E-state index contributed by atoms with van der Waals surface area (Å²) in [5, 5.41) is 10.2. The van der Waals surface area contributed by atoms with Gasteiger partial charge in [0.15, 0.2) is 5.82 Å². The second-order valence-corrected chi connectivity index (χ2v) is 8.28. The van der Waals surface area contributed by atoms with Gasteiger partial charge < -0.3 is 10.2 Å². The molecule has 1 aromatic carbocycles. The fraction of sp³-hybridized carbons (Fsp3) is 0.545. The van der Waals surface area contributed by atoms with E-state index in [0.717, 1.165) is 18.7 Å². The minimum atomic E-state index is -0.200. The Morgan fingerprint density at radius 3 is 2.69 bits per heavy atom. The zero-order valence-corrected chi connectivity index (χ0v) is 17.5. The van der Waals surface area contributed by atoms with Crippen molar-refractivity contribution in [2.75, 3.05) is 6.54 Å². The van der Waals surface area contributed by atoms with Gasteiger partial charge >= 0.3 is 0 Å². The highest BCUT2D eigenvalue weighted by Crippen LogP contribution is 2.31. The van der Waals surface area contributed by atoms with Gasteiger partial charge in [0.25, 0.3) is 0 Å². The van der Waals surface area contributed by atoms with Crippen molar-refractivity contribution in [1.29, 1.82) is 0 Å². The maximum atomic E-state index is 13.0. The number of carbonyl (C=O) groups excluding carboxylic acids is 2. The molecule has 7 nitrogen and oxygen atoms in total. The lowest BCUT2D eigenvalue weighted by atomic mass is 10.1. The van der Waals surface area contributed by atoms with Gasteiger partial charge in [0.1, 0.15) is 5.82 Å². The predicted octanol–water partition coefficient (Wildman–Crippen LogP) is 2.94. The van der Waals surface area contributed by atoms with Crippen molar-refractivity contribution < 1.29 is 9.59 Å². The summed E-state index contributed by atoms with van der Waals surface area (Å²) in [6.45, 7) is 6.40. The average Bonchev–Trinajstić information content (AvgIpc) is 3.28. The summed E-state index contributed by atoms with van der Waals surface area (Å²) in [5.41, 5.74) is 1.24. The Labute approximate surface area is 172 Å². The molecule has 1 saturated heterocycles. The average molecular weight is 398 g/mol. The first-order valence-corrected chi connectivity index (χ1v) is 10.4. The van der Waals surface area contributed by atoms with Crippen LogP contribution in [0.2, 0.25) is 0 Å². The second-order valence-electron chi connectivity index (χ2n) is 8.28. The number of likely N-dealkylation sites (tertiary alicyclic amines) is 1. The largest absolute Gasteiger partial charge is 0.351 e. The van der Waals surface area contributed by atoms with Crippen molar-refractivity contribution in [3.8, 4) is 0 Å². The molecule has 2 heterocycles. The number of rotatable bonds is 8. The number of amides is 2. The molecule has 3 rings (SSSR count). The van der Waals surface area contributed by atoms with Crippen LogP contribution in [0.3, 0.4) is 0 Å². The van der Waals surface area contributed by atoms with E-state index in [2.05, 4.69) is 32.6 Å². The first-order valence-electron chi connectivity index (χ1n) is 10.4. The topological polar surface area (TPSA) is 91.0 Å². The SMILES string of the molecule is Cc1nc([C@@H]2C[C@H](NC(=O)CC(C)C)CN2C(=O)CCCc2ccccc2)n[nH]1. The molecule has 2 atom stereocenters. The molecule has 0 aliphatic carbocycles. The molecule has 0 radical (unpaired) electrons. The van der Waals surface area contributed by atoms with Gasteiger partial charge in [-0.2, -0.15) is 5.10 Å². The van der Waals surface area contributed by atoms with E-state index in [1.54, 1.807) is 0 Å². The van der Waals surface area contributed by atoms with E-state index in [-0.39, 0.29) is 23.9 Å². The Kier molecular flexibility index (Phi) is 7.01. The Morgan fingerprint density at radius 2 is 2.03 bits per heavy atom. The monoisotopic (exact) mass is 397 g/mol. The Morgan fingerprint density at radius 1 is 1.28 bits per heavy atom. The summed E-state index contributed by atoms with van der Waals surface area (Å²) in [5.74, 6) is 1.78. The van der Waals surface area contributed by atoms with Gasteiger partial charge in [0.05, 0.1) is 6.04 Å². The van der Waals surface area contributed by atoms with Crippen LogP contribution in [-0.2, 0) is 16.0 Å². The molecule has 29 heavy (non-hydrogen) atoms. The van der Waals surface area contributed by atoms with Crippen LogP contribution in [0.4, 0.5) is 0 Å². The van der Waals surface area contributed by atoms with Crippen LogP contribution in [0.1, 0.15) is 62.8 Å². The van der Waals surface area contributed by atoms with E-state index in [1.807, 2.05) is 43.9 Å². The van der Waals surface area contributed by atoms with Crippen molar-refractivity contribution in [1.82, 2.24) is 25.4 Å². The normalized spacial score (nSPS) is 19.0. The second kappa shape index (κ2) is 9.67. The quantitative estimate of drug-likeness (QED) is 0.716. The molecular formula is C22H31N5O2. The molecule has 1 aromatic heterocycles. The highest BCUT2D eigenvalue weighted by Gasteiger charge is 2.38. The van der Waals surface area contributed by atoms with E-state index in [4.69, 9.17) is 0 Å². The molecule has 156 valence electrons. The number of aromatic amines is 1. The highest BCUT2D eigenvalue weighted by atomic mass is 16.2. The Bertz CT molecular complexity index is 818. The van der Waals surface area contributed by atoms with Gasteiger partial charge in [-0.05, 0) is 37.7 Å². The van der Waals surface area contributed by atoms with Gasteiger partial charge in [-0.1, -0.05) is 44.2 Å². The molecule has 0 bridgehead atoms. The van der Waals surface area contributed by atoms with Crippen LogP contribution in [-0.4, -0.2) is 44.5 Å². The number of hydrogen-bond donors (Lipinski definition) is 2. The molecule has 1 fully saturated rings. The smallest absolute Gasteiger partial charge is 0.223 e. The van der Waals surface area contributed by atoms with Crippen LogP contribution >= 0.6 is 0 Å². The Hall–Kier alpha value is -2.70. The minimum absolute atomic E-state index is 0.0355. The molecule has 0 saturated carbocycles. The molecule has 2 aromatic rings. The first-order chi connectivity index (χ1) is 13.9. The fourth-order valence-corrected chi connectivity index (χ4v) is 3.86. The number of aryl methyl sites for hydroxylation is 2. The maximum absolute atomic E-state index is 13.0. The van der Waals surface area contributed by atoms with Gasteiger partial charge in [0.2, 0.25) is 11.8 Å². The van der Waals surface area contributed by atoms with Gasteiger partial charge in [-0.3, -0.25) is 14.7 Å². The predicted molar refractivity (Wildman–Crippen MR) is 111 cm³/mol. The molecule has 0 spiro atoms. The number of nitrogens with zero attached hydrogens (tertiary/aromatic N) is 3.